The van der Waals surface area contributed by atoms with Crippen LogP contribution < -0.4 is 11.1 Å². The van der Waals surface area contributed by atoms with Gasteiger partial charge in [-0.2, -0.15) is 0 Å². The van der Waals surface area contributed by atoms with Gasteiger partial charge < -0.3 is 11.1 Å². The quantitative estimate of drug-likeness (QED) is 0.904. The van der Waals surface area contributed by atoms with Crippen LogP contribution in [0.4, 0.5) is 10.1 Å². The van der Waals surface area contributed by atoms with Crippen molar-refractivity contribution < 1.29 is 9.18 Å². The lowest BCUT2D eigenvalue weighted by molar-refractivity contribution is -0.118. The smallest absolute Gasteiger partial charge is 0.245 e. The number of carbonyl (C=O) groups excluding carboxylic acids is 1. The molecule has 2 aromatic rings. The first kappa shape index (κ1) is 13.0. The molecule has 0 aliphatic rings. The summed E-state index contributed by atoms with van der Waals surface area (Å²) < 4.78 is 13.7. The number of nitrogens with one attached hydrogen (secondary N) is 1. The summed E-state index contributed by atoms with van der Waals surface area (Å²) >= 11 is 4.75. The fourth-order valence-corrected chi connectivity index (χ4v) is 2.98. The van der Waals surface area contributed by atoms with Crippen molar-refractivity contribution in [3.8, 4) is 0 Å². The summed E-state index contributed by atoms with van der Waals surface area (Å²) in [6.07, 6.45) is 0. The van der Waals surface area contributed by atoms with Crippen LogP contribution in [-0.2, 0) is 4.79 Å². The molecule has 2 rings (SSSR count). The molecule has 1 heterocycles. The van der Waals surface area contributed by atoms with Crippen molar-refractivity contribution in [3.05, 3.63) is 50.9 Å². The van der Waals surface area contributed by atoms with Gasteiger partial charge in [-0.3, -0.25) is 4.79 Å². The molecule has 1 aromatic heterocycles. The van der Waals surface area contributed by atoms with Gasteiger partial charge in [0, 0.05) is 20.4 Å². The number of halogens is 2. The molecule has 1 amide bonds. The van der Waals surface area contributed by atoms with E-state index in [4.69, 9.17) is 5.73 Å². The van der Waals surface area contributed by atoms with Gasteiger partial charge in [-0.1, -0.05) is 0 Å². The van der Waals surface area contributed by atoms with E-state index in [0.29, 0.717) is 5.69 Å². The number of amides is 1. The van der Waals surface area contributed by atoms with Crippen molar-refractivity contribution in [1.29, 1.82) is 0 Å². The molecule has 6 heteroatoms. The molecule has 0 aliphatic carbocycles. The lowest BCUT2D eigenvalue weighted by atomic mass is 10.2. The van der Waals surface area contributed by atoms with Gasteiger partial charge in [-0.15, -0.1) is 11.3 Å². The molecule has 1 aromatic carbocycles. The third-order valence-electron chi connectivity index (χ3n) is 2.31. The Hall–Kier alpha value is -1.40. The summed E-state index contributed by atoms with van der Waals surface area (Å²) in [4.78, 5) is 12.3. The Labute approximate surface area is 116 Å². The highest BCUT2D eigenvalue weighted by atomic mass is 79.9. The zero-order valence-corrected chi connectivity index (χ0v) is 11.6. The van der Waals surface area contributed by atoms with Crippen molar-refractivity contribution in [2.45, 2.75) is 6.04 Å². The second kappa shape index (κ2) is 5.49. The first-order valence-electron chi connectivity index (χ1n) is 5.11. The van der Waals surface area contributed by atoms with Crippen LogP contribution >= 0.6 is 27.3 Å². The lowest BCUT2D eigenvalue weighted by Gasteiger charge is -2.15. The highest BCUT2D eigenvalue weighted by molar-refractivity contribution is 9.10. The van der Waals surface area contributed by atoms with Gasteiger partial charge in [0.1, 0.15) is 11.9 Å². The number of carbonyl (C=O) groups is 1. The monoisotopic (exact) mass is 328 g/mol. The molecule has 0 spiro atoms. The summed E-state index contributed by atoms with van der Waals surface area (Å²) in [5, 5.41) is 4.86. The predicted molar refractivity (Wildman–Crippen MR) is 74.0 cm³/mol. The Bertz CT molecular complexity index is 555. The second-order valence-electron chi connectivity index (χ2n) is 3.65. The molecule has 94 valence electrons. The minimum Gasteiger partial charge on any atom is -0.369 e. The Morgan fingerprint density at radius 3 is 2.56 bits per heavy atom. The van der Waals surface area contributed by atoms with Gasteiger partial charge in [0.25, 0.3) is 0 Å². The number of primary amides is 1. The first-order valence-corrected chi connectivity index (χ1v) is 6.79. The molecule has 0 aliphatic heterocycles. The zero-order chi connectivity index (χ0) is 13.1. The summed E-state index contributed by atoms with van der Waals surface area (Å²) in [7, 11) is 0. The van der Waals surface area contributed by atoms with Crippen LogP contribution in [0.3, 0.4) is 0 Å². The van der Waals surface area contributed by atoms with Crippen molar-refractivity contribution in [1.82, 2.24) is 0 Å². The highest BCUT2D eigenvalue weighted by Crippen LogP contribution is 2.28. The van der Waals surface area contributed by atoms with Crippen LogP contribution in [0.2, 0.25) is 0 Å². The normalized spacial score (nSPS) is 12.1. The molecule has 3 nitrogen and oxygen atoms in total. The molecule has 0 saturated carbocycles. The van der Waals surface area contributed by atoms with Gasteiger partial charge in [-0.05, 0) is 46.3 Å². The van der Waals surface area contributed by atoms with E-state index in [-0.39, 0.29) is 5.82 Å². The van der Waals surface area contributed by atoms with Crippen molar-refractivity contribution >= 4 is 38.9 Å². The minimum absolute atomic E-state index is 0.324. The molecule has 1 unspecified atom stereocenters. The Kier molecular flexibility index (Phi) is 3.98. The van der Waals surface area contributed by atoms with Crippen LogP contribution in [0.15, 0.2) is 40.2 Å². The van der Waals surface area contributed by atoms with E-state index < -0.39 is 11.9 Å². The molecule has 0 bridgehead atoms. The maximum atomic E-state index is 12.8. The lowest BCUT2D eigenvalue weighted by Crippen LogP contribution is -2.26. The van der Waals surface area contributed by atoms with E-state index in [2.05, 4.69) is 21.2 Å². The fraction of sp³-hybridized carbons (Fsp3) is 0.0833. The van der Waals surface area contributed by atoms with E-state index in [1.54, 1.807) is 12.1 Å². The second-order valence-corrected chi connectivity index (χ2v) is 5.51. The van der Waals surface area contributed by atoms with E-state index in [9.17, 15) is 9.18 Å². The predicted octanol–water partition coefficient (Wildman–Crippen LogP) is 3.29. The summed E-state index contributed by atoms with van der Waals surface area (Å²) in [6, 6.07) is 6.99. The molecule has 3 N–H and O–H groups in total. The Balaban J connectivity index is 2.22. The van der Waals surface area contributed by atoms with Gasteiger partial charge in [0.2, 0.25) is 5.91 Å². The minimum atomic E-state index is -0.619. The maximum absolute atomic E-state index is 12.8. The van der Waals surface area contributed by atoms with E-state index in [0.717, 1.165) is 9.35 Å². The van der Waals surface area contributed by atoms with E-state index >= 15 is 0 Å². The average molecular weight is 329 g/mol. The van der Waals surface area contributed by atoms with Gasteiger partial charge in [0.05, 0.1) is 0 Å². The molecule has 0 fully saturated rings. The Morgan fingerprint density at radius 2 is 2.06 bits per heavy atom. The molecule has 0 saturated heterocycles. The molecular weight excluding hydrogens is 319 g/mol. The van der Waals surface area contributed by atoms with Crippen molar-refractivity contribution in [2.24, 2.45) is 5.73 Å². The number of anilines is 1. The van der Waals surface area contributed by atoms with Crippen molar-refractivity contribution in [3.63, 3.8) is 0 Å². The number of benzene rings is 1. The number of thiophene rings is 1. The SMILES string of the molecule is NC(=O)C(Nc1ccc(F)cc1)c1cc(Br)cs1. The average Bonchev–Trinajstić information content (AvgIpc) is 2.74. The third-order valence-corrected chi connectivity index (χ3v) is 4.07. The van der Waals surface area contributed by atoms with Crippen LogP contribution in [0.1, 0.15) is 10.9 Å². The van der Waals surface area contributed by atoms with Crippen LogP contribution in [0.25, 0.3) is 0 Å². The molecular formula is C12H10BrFN2OS. The third kappa shape index (κ3) is 3.08. The van der Waals surface area contributed by atoms with Gasteiger partial charge in [0.15, 0.2) is 0 Å². The number of nitrogens with two attached hydrogens (primary N) is 1. The van der Waals surface area contributed by atoms with Crippen molar-refractivity contribution in [2.75, 3.05) is 5.32 Å². The maximum Gasteiger partial charge on any atom is 0.245 e. The summed E-state index contributed by atoms with van der Waals surface area (Å²) in [5.74, 6) is -0.802. The largest absolute Gasteiger partial charge is 0.369 e. The standard InChI is InChI=1S/C12H10BrFN2OS/c13-7-5-10(18-6-7)11(12(15)17)16-9-3-1-8(14)2-4-9/h1-6,11,16H,(H2,15,17). The molecule has 1 atom stereocenters. The molecule has 18 heavy (non-hydrogen) atoms. The topological polar surface area (TPSA) is 55.1 Å². The molecule has 0 radical (unpaired) electrons. The van der Waals surface area contributed by atoms with Crippen LogP contribution in [0.5, 0.6) is 0 Å². The van der Waals surface area contributed by atoms with E-state index in [1.165, 1.54) is 23.5 Å². The van der Waals surface area contributed by atoms with Crippen LogP contribution in [0, 0.1) is 5.82 Å². The van der Waals surface area contributed by atoms with Gasteiger partial charge >= 0.3 is 0 Å². The number of hydrogen-bond donors (Lipinski definition) is 2. The van der Waals surface area contributed by atoms with Crippen LogP contribution in [-0.4, -0.2) is 5.91 Å². The highest BCUT2D eigenvalue weighted by Gasteiger charge is 2.19. The Morgan fingerprint density at radius 1 is 1.39 bits per heavy atom. The number of hydrogen-bond acceptors (Lipinski definition) is 3. The first-order chi connectivity index (χ1) is 8.56. The fourth-order valence-electron chi connectivity index (χ4n) is 1.47. The zero-order valence-electron chi connectivity index (χ0n) is 9.19. The summed E-state index contributed by atoms with van der Waals surface area (Å²) in [6.45, 7) is 0. The van der Waals surface area contributed by atoms with Gasteiger partial charge in [-0.25, -0.2) is 4.39 Å². The summed E-state index contributed by atoms with van der Waals surface area (Å²) in [5.41, 5.74) is 6.01. The van der Waals surface area contributed by atoms with E-state index in [1.807, 2.05) is 11.4 Å². The number of rotatable bonds is 4.